The second-order valence-corrected chi connectivity index (χ2v) is 6.07. The third-order valence-electron chi connectivity index (χ3n) is 4.54. The summed E-state index contributed by atoms with van der Waals surface area (Å²) in [5.74, 6) is -2.03. The fourth-order valence-electron chi connectivity index (χ4n) is 3.33. The second-order valence-electron chi connectivity index (χ2n) is 6.07. The third-order valence-corrected chi connectivity index (χ3v) is 4.54. The molecule has 24 heavy (non-hydrogen) atoms. The number of carbonyl (C=O) groups excluding carboxylic acids is 1. The summed E-state index contributed by atoms with van der Waals surface area (Å²) in [4.78, 5) is 24.0. The molecule has 0 unspecified atom stereocenters. The molecule has 2 bridgehead atoms. The number of carboxylic acid groups (broad SMARTS) is 1. The quantitative estimate of drug-likeness (QED) is 0.778. The van der Waals surface area contributed by atoms with Crippen LogP contribution >= 0.6 is 0 Å². The van der Waals surface area contributed by atoms with Gasteiger partial charge in [-0.25, -0.2) is 0 Å². The van der Waals surface area contributed by atoms with E-state index in [1.165, 1.54) is 0 Å². The maximum Gasteiger partial charge on any atom is 0.310 e. The lowest BCUT2D eigenvalue weighted by Crippen LogP contribution is -2.43. The molecule has 2 heterocycles. The average Bonchev–Trinajstić information content (AvgIpc) is 3.16. The number of benzene rings is 1. The first-order valence-electron chi connectivity index (χ1n) is 8.11. The van der Waals surface area contributed by atoms with Crippen LogP contribution in [-0.2, 0) is 14.3 Å². The first kappa shape index (κ1) is 16.5. The second kappa shape index (κ2) is 6.65. The highest BCUT2D eigenvalue weighted by atomic mass is 16.5. The van der Waals surface area contributed by atoms with Crippen LogP contribution in [0.25, 0.3) is 0 Å². The van der Waals surface area contributed by atoms with Crippen LogP contribution in [-0.4, -0.2) is 35.8 Å². The lowest BCUT2D eigenvalue weighted by atomic mass is 9.82. The summed E-state index contributed by atoms with van der Waals surface area (Å²) < 4.78 is 10.9. The Morgan fingerprint density at radius 2 is 1.83 bits per heavy atom. The van der Waals surface area contributed by atoms with Gasteiger partial charge in [0, 0.05) is 0 Å². The van der Waals surface area contributed by atoms with E-state index in [9.17, 15) is 14.7 Å². The fraction of sp³-hybridized carbons (Fsp3) is 0.444. The van der Waals surface area contributed by atoms with Crippen LogP contribution in [0.1, 0.15) is 25.5 Å². The summed E-state index contributed by atoms with van der Waals surface area (Å²) in [5.41, 5.74) is 0.929. The molecule has 1 fully saturated rings. The molecule has 6 heteroatoms. The van der Waals surface area contributed by atoms with Gasteiger partial charge in [0.25, 0.3) is 0 Å². The Morgan fingerprint density at radius 1 is 1.21 bits per heavy atom. The van der Waals surface area contributed by atoms with Crippen molar-refractivity contribution >= 4 is 11.9 Å². The van der Waals surface area contributed by atoms with E-state index in [0.29, 0.717) is 6.61 Å². The van der Waals surface area contributed by atoms with Crippen molar-refractivity contribution in [3.8, 4) is 5.75 Å². The van der Waals surface area contributed by atoms with Crippen molar-refractivity contribution in [2.75, 3.05) is 6.61 Å². The Hall–Kier alpha value is -2.34. The van der Waals surface area contributed by atoms with Gasteiger partial charge in [-0.2, -0.15) is 0 Å². The van der Waals surface area contributed by atoms with Crippen LogP contribution in [0.3, 0.4) is 0 Å². The highest BCUT2D eigenvalue weighted by Crippen LogP contribution is 2.39. The normalized spacial score (nSPS) is 28.6. The van der Waals surface area contributed by atoms with Gasteiger partial charge in [-0.05, 0) is 31.5 Å². The molecule has 1 aromatic rings. The van der Waals surface area contributed by atoms with Crippen LogP contribution < -0.4 is 10.1 Å². The lowest BCUT2D eigenvalue weighted by molar-refractivity contribution is -0.146. The first-order chi connectivity index (χ1) is 11.5. The molecule has 1 amide bonds. The molecule has 0 radical (unpaired) electrons. The SMILES string of the molecule is CCOc1ccc([C@@H](C)NC(=O)[C@@H]2[C@@H](C(=O)O)[C@@H]3C=C[C@@H]2O3)cc1. The molecule has 128 valence electrons. The number of aliphatic carboxylic acids is 1. The maximum absolute atomic E-state index is 12.6. The monoisotopic (exact) mass is 331 g/mol. The summed E-state index contributed by atoms with van der Waals surface area (Å²) >= 11 is 0. The Morgan fingerprint density at radius 3 is 2.42 bits per heavy atom. The minimum Gasteiger partial charge on any atom is -0.494 e. The molecule has 2 aliphatic heterocycles. The molecule has 6 nitrogen and oxygen atoms in total. The van der Waals surface area contributed by atoms with Gasteiger partial charge in [-0.15, -0.1) is 0 Å². The molecule has 3 rings (SSSR count). The molecule has 0 aliphatic carbocycles. The first-order valence-corrected chi connectivity index (χ1v) is 8.11. The van der Waals surface area contributed by atoms with Gasteiger partial charge < -0.3 is 19.9 Å². The standard InChI is InChI=1S/C18H21NO5/c1-3-23-12-6-4-11(5-7-12)10(2)19-17(20)15-13-8-9-14(24-13)16(15)18(21)22/h4-10,13-16H,3H2,1-2H3,(H,19,20)(H,21,22)/t10-,13+,14+,15+,16+/m1/s1. The Labute approximate surface area is 140 Å². The summed E-state index contributed by atoms with van der Waals surface area (Å²) in [6.45, 7) is 4.38. The van der Waals surface area contributed by atoms with Crippen molar-refractivity contribution in [1.29, 1.82) is 0 Å². The smallest absolute Gasteiger partial charge is 0.310 e. The van der Waals surface area contributed by atoms with Crippen molar-refractivity contribution in [2.24, 2.45) is 11.8 Å². The van der Waals surface area contributed by atoms with Gasteiger partial charge in [0.1, 0.15) is 11.7 Å². The van der Waals surface area contributed by atoms with Gasteiger partial charge >= 0.3 is 5.97 Å². The zero-order chi connectivity index (χ0) is 17.3. The van der Waals surface area contributed by atoms with Gasteiger partial charge in [0.2, 0.25) is 5.91 Å². The van der Waals surface area contributed by atoms with Crippen molar-refractivity contribution in [1.82, 2.24) is 5.32 Å². The fourth-order valence-corrected chi connectivity index (χ4v) is 3.33. The Bertz CT molecular complexity index is 654. The number of ether oxygens (including phenoxy) is 2. The number of rotatable bonds is 6. The number of carbonyl (C=O) groups is 2. The summed E-state index contributed by atoms with van der Waals surface area (Å²) in [6.07, 6.45) is 2.53. The van der Waals surface area contributed by atoms with Gasteiger partial charge in [0.05, 0.1) is 30.8 Å². The number of hydrogen-bond acceptors (Lipinski definition) is 4. The molecule has 5 atom stereocenters. The van der Waals surface area contributed by atoms with E-state index < -0.39 is 30.0 Å². The molecule has 1 aromatic carbocycles. The summed E-state index contributed by atoms with van der Waals surface area (Å²) in [7, 11) is 0. The number of hydrogen-bond donors (Lipinski definition) is 2. The molecular formula is C18H21NO5. The van der Waals surface area contributed by atoms with Gasteiger partial charge in [-0.1, -0.05) is 24.3 Å². The zero-order valence-corrected chi connectivity index (χ0v) is 13.6. The van der Waals surface area contributed by atoms with Crippen molar-refractivity contribution in [3.05, 3.63) is 42.0 Å². The van der Waals surface area contributed by atoms with Crippen molar-refractivity contribution < 1.29 is 24.2 Å². The maximum atomic E-state index is 12.6. The zero-order valence-electron chi connectivity index (χ0n) is 13.6. The van der Waals surface area contributed by atoms with E-state index in [-0.39, 0.29) is 11.9 Å². The Balaban J connectivity index is 1.67. The molecule has 0 spiro atoms. The number of amides is 1. The van der Waals surface area contributed by atoms with Crippen LogP contribution in [0.15, 0.2) is 36.4 Å². The lowest BCUT2D eigenvalue weighted by Gasteiger charge is -2.23. The average molecular weight is 331 g/mol. The molecule has 0 aromatic heterocycles. The largest absolute Gasteiger partial charge is 0.494 e. The number of carboxylic acids is 1. The number of nitrogens with one attached hydrogen (secondary N) is 1. The van der Waals surface area contributed by atoms with Crippen LogP contribution in [0, 0.1) is 11.8 Å². The van der Waals surface area contributed by atoms with Crippen molar-refractivity contribution in [2.45, 2.75) is 32.1 Å². The van der Waals surface area contributed by atoms with Crippen molar-refractivity contribution in [3.63, 3.8) is 0 Å². The van der Waals surface area contributed by atoms with Crippen LogP contribution in [0.4, 0.5) is 0 Å². The minimum absolute atomic E-state index is 0.231. The number of fused-ring (bicyclic) bond motifs is 2. The van der Waals surface area contributed by atoms with E-state index >= 15 is 0 Å². The molecule has 2 N–H and O–H groups in total. The highest BCUT2D eigenvalue weighted by Gasteiger charge is 2.53. The van der Waals surface area contributed by atoms with E-state index in [1.54, 1.807) is 12.2 Å². The van der Waals surface area contributed by atoms with Crippen LogP contribution in [0.2, 0.25) is 0 Å². The predicted molar refractivity (Wildman–Crippen MR) is 86.6 cm³/mol. The van der Waals surface area contributed by atoms with E-state index in [0.717, 1.165) is 11.3 Å². The molecular weight excluding hydrogens is 310 g/mol. The van der Waals surface area contributed by atoms with E-state index in [2.05, 4.69) is 5.32 Å². The summed E-state index contributed by atoms with van der Waals surface area (Å²) in [6, 6.07) is 7.25. The van der Waals surface area contributed by atoms with Crippen LogP contribution in [0.5, 0.6) is 5.75 Å². The molecule has 0 saturated carbocycles. The Kier molecular flexibility index (Phi) is 4.57. The predicted octanol–water partition coefficient (Wildman–Crippen LogP) is 1.92. The van der Waals surface area contributed by atoms with E-state index in [1.807, 2.05) is 38.1 Å². The summed E-state index contributed by atoms with van der Waals surface area (Å²) in [5, 5.41) is 12.3. The van der Waals surface area contributed by atoms with Gasteiger partial charge in [-0.3, -0.25) is 9.59 Å². The minimum atomic E-state index is -0.999. The highest BCUT2D eigenvalue weighted by molar-refractivity contribution is 5.87. The molecule has 2 aliphatic rings. The topological polar surface area (TPSA) is 84.9 Å². The van der Waals surface area contributed by atoms with E-state index in [4.69, 9.17) is 9.47 Å². The van der Waals surface area contributed by atoms with Gasteiger partial charge in [0.15, 0.2) is 0 Å². The molecule has 1 saturated heterocycles. The third kappa shape index (κ3) is 3.01.